The molecule has 3 nitrogen and oxygen atoms in total. The minimum absolute atomic E-state index is 0.131. The van der Waals surface area contributed by atoms with Gasteiger partial charge in [-0.3, -0.25) is 4.79 Å². The van der Waals surface area contributed by atoms with Gasteiger partial charge in [-0.15, -0.1) is 0 Å². The number of rotatable bonds is 2. The Morgan fingerprint density at radius 1 is 1.37 bits per heavy atom. The highest BCUT2D eigenvalue weighted by molar-refractivity contribution is 9.09. The molecule has 0 aromatic heterocycles. The molecule has 1 N–H and O–H groups in total. The number of nitrogens with one attached hydrogen (secondary N) is 1. The summed E-state index contributed by atoms with van der Waals surface area (Å²) in [5, 5.41) is 2.98. The molecule has 2 atom stereocenters. The van der Waals surface area contributed by atoms with E-state index < -0.39 is 0 Å². The summed E-state index contributed by atoms with van der Waals surface area (Å²) < 4.78 is 5.46. The largest absolute Gasteiger partial charge is 0.381 e. The summed E-state index contributed by atoms with van der Waals surface area (Å²) in [4.78, 5) is 11.9. The van der Waals surface area contributed by atoms with Gasteiger partial charge in [-0.25, -0.2) is 0 Å². The number of carbonyl (C=O) groups is 1. The molecule has 1 amide bonds. The summed E-state index contributed by atoms with van der Waals surface area (Å²) >= 11 is 3.80. The van der Waals surface area contributed by atoms with Gasteiger partial charge in [0.25, 0.3) is 0 Å². The van der Waals surface area contributed by atoms with Crippen LogP contribution in [-0.4, -0.2) is 19.1 Å². The van der Waals surface area contributed by atoms with Gasteiger partial charge in [-0.1, -0.05) is 28.1 Å². The number of hydrogen-bond acceptors (Lipinski definition) is 2. The first-order valence-electron chi connectivity index (χ1n) is 6.88. The van der Waals surface area contributed by atoms with E-state index >= 15 is 0 Å². The van der Waals surface area contributed by atoms with Crippen molar-refractivity contribution in [2.75, 3.05) is 18.5 Å². The lowest BCUT2D eigenvalue weighted by atomic mass is 9.95. The van der Waals surface area contributed by atoms with Crippen molar-refractivity contribution in [1.29, 1.82) is 0 Å². The third-order valence-electron chi connectivity index (χ3n) is 3.95. The van der Waals surface area contributed by atoms with Gasteiger partial charge >= 0.3 is 0 Å². The Labute approximate surface area is 121 Å². The van der Waals surface area contributed by atoms with Gasteiger partial charge in [-0.05, 0) is 36.5 Å². The molecule has 2 aliphatic rings. The van der Waals surface area contributed by atoms with Crippen LogP contribution in [0.2, 0.25) is 0 Å². The van der Waals surface area contributed by atoms with Gasteiger partial charge in [0.2, 0.25) is 5.91 Å². The summed E-state index contributed by atoms with van der Waals surface area (Å²) in [5.41, 5.74) is 3.53. The molecular formula is C15H18BrNO2. The summed E-state index contributed by atoms with van der Waals surface area (Å²) in [7, 11) is 0. The Balaban J connectivity index is 1.84. The molecule has 1 saturated heterocycles. The normalized spacial score (nSPS) is 24.5. The second-order valence-corrected chi connectivity index (χ2v) is 6.33. The summed E-state index contributed by atoms with van der Waals surface area (Å²) in [5.74, 6) is 0.685. The Kier molecular flexibility index (Phi) is 3.89. The molecule has 0 saturated carbocycles. The summed E-state index contributed by atoms with van der Waals surface area (Å²) in [6.07, 6.45) is 3.65. The lowest BCUT2D eigenvalue weighted by molar-refractivity contribution is -0.116. The van der Waals surface area contributed by atoms with Crippen LogP contribution in [0.4, 0.5) is 5.69 Å². The van der Waals surface area contributed by atoms with Crippen LogP contribution in [0.25, 0.3) is 0 Å². The van der Waals surface area contributed by atoms with E-state index in [1.54, 1.807) is 0 Å². The van der Waals surface area contributed by atoms with Crippen LogP contribution in [0.3, 0.4) is 0 Å². The number of ether oxygens (including phenoxy) is 1. The number of hydrogen-bond donors (Lipinski definition) is 1. The van der Waals surface area contributed by atoms with Crippen LogP contribution in [0, 0.1) is 5.92 Å². The number of halogens is 1. The van der Waals surface area contributed by atoms with Gasteiger partial charge in [0.1, 0.15) is 0 Å². The van der Waals surface area contributed by atoms with Crippen molar-refractivity contribution in [1.82, 2.24) is 0 Å². The number of carbonyl (C=O) groups excluding carboxylic acids is 1. The molecule has 1 aromatic rings. The Bertz CT molecular complexity index is 483. The van der Waals surface area contributed by atoms with Crippen LogP contribution in [0.1, 0.15) is 35.2 Å². The maximum absolute atomic E-state index is 11.5. The highest BCUT2D eigenvalue weighted by atomic mass is 79.9. The Morgan fingerprint density at radius 2 is 2.26 bits per heavy atom. The Morgan fingerprint density at radius 3 is 3.05 bits per heavy atom. The molecule has 0 radical (unpaired) electrons. The van der Waals surface area contributed by atoms with Crippen molar-refractivity contribution in [2.24, 2.45) is 5.92 Å². The number of alkyl halides is 1. The van der Waals surface area contributed by atoms with Crippen molar-refractivity contribution in [3.8, 4) is 0 Å². The zero-order valence-electron chi connectivity index (χ0n) is 10.8. The molecule has 2 unspecified atom stereocenters. The van der Waals surface area contributed by atoms with Crippen molar-refractivity contribution >= 4 is 27.5 Å². The minimum atomic E-state index is 0.131. The number of anilines is 1. The van der Waals surface area contributed by atoms with Crippen molar-refractivity contribution in [3.05, 3.63) is 29.3 Å². The predicted molar refractivity (Wildman–Crippen MR) is 78.6 cm³/mol. The summed E-state index contributed by atoms with van der Waals surface area (Å²) in [6.45, 7) is 1.71. The zero-order chi connectivity index (χ0) is 13.2. The van der Waals surface area contributed by atoms with Gasteiger partial charge in [-0.2, -0.15) is 0 Å². The van der Waals surface area contributed by atoms with Gasteiger partial charge in [0, 0.05) is 29.5 Å². The van der Waals surface area contributed by atoms with Crippen LogP contribution in [0.15, 0.2) is 18.2 Å². The van der Waals surface area contributed by atoms with E-state index in [0.29, 0.717) is 17.2 Å². The predicted octanol–water partition coefficient (Wildman–Crippen LogP) is 3.43. The molecule has 1 fully saturated rings. The number of amides is 1. The van der Waals surface area contributed by atoms with E-state index in [4.69, 9.17) is 4.74 Å². The van der Waals surface area contributed by atoms with E-state index in [-0.39, 0.29) is 5.91 Å². The third-order valence-corrected chi connectivity index (χ3v) is 5.23. The van der Waals surface area contributed by atoms with Crippen molar-refractivity contribution < 1.29 is 9.53 Å². The maximum atomic E-state index is 11.5. The molecule has 0 bridgehead atoms. The van der Waals surface area contributed by atoms with Gasteiger partial charge in [0.15, 0.2) is 0 Å². The molecule has 102 valence electrons. The fraction of sp³-hybridized carbons (Fsp3) is 0.533. The number of fused-ring (bicyclic) bond motifs is 1. The Hall–Kier alpha value is -0.870. The van der Waals surface area contributed by atoms with E-state index in [2.05, 4.69) is 33.4 Å². The van der Waals surface area contributed by atoms with Crippen LogP contribution in [-0.2, 0) is 16.0 Å². The smallest absolute Gasteiger partial charge is 0.224 e. The SMILES string of the molecule is O=C1CCCc2cc(C(Br)C3CCOC3)ccc2N1. The fourth-order valence-electron chi connectivity index (χ4n) is 2.82. The molecule has 1 aromatic carbocycles. The quantitative estimate of drug-likeness (QED) is 0.847. The molecule has 3 rings (SSSR count). The van der Waals surface area contributed by atoms with E-state index in [1.165, 1.54) is 11.1 Å². The second-order valence-electron chi connectivity index (χ2n) is 5.34. The van der Waals surface area contributed by atoms with Crippen LogP contribution >= 0.6 is 15.9 Å². The lowest BCUT2D eigenvalue weighted by Gasteiger charge is -2.18. The van der Waals surface area contributed by atoms with Gasteiger partial charge < -0.3 is 10.1 Å². The number of aryl methyl sites for hydroxylation is 1. The highest BCUT2D eigenvalue weighted by Gasteiger charge is 2.25. The first-order valence-corrected chi connectivity index (χ1v) is 7.80. The standard InChI is InChI=1S/C15H18BrNO2/c16-15(12-6-7-19-9-12)11-4-5-13-10(8-11)2-1-3-14(18)17-13/h4-5,8,12,15H,1-3,6-7,9H2,(H,17,18). The van der Waals surface area contributed by atoms with E-state index in [1.807, 2.05) is 6.07 Å². The van der Waals surface area contributed by atoms with Gasteiger partial charge in [0.05, 0.1) is 6.61 Å². The highest BCUT2D eigenvalue weighted by Crippen LogP contribution is 2.37. The molecule has 2 aliphatic heterocycles. The van der Waals surface area contributed by atoms with Crippen molar-refractivity contribution in [3.63, 3.8) is 0 Å². The average Bonchev–Trinajstić information content (AvgIpc) is 2.87. The summed E-state index contributed by atoms with van der Waals surface area (Å²) in [6, 6.07) is 6.39. The van der Waals surface area contributed by atoms with Crippen molar-refractivity contribution in [2.45, 2.75) is 30.5 Å². The second kappa shape index (κ2) is 5.63. The zero-order valence-corrected chi connectivity index (χ0v) is 12.4. The maximum Gasteiger partial charge on any atom is 0.224 e. The first-order chi connectivity index (χ1) is 9.24. The molecule has 0 aliphatic carbocycles. The topological polar surface area (TPSA) is 38.3 Å². The molecule has 0 spiro atoms. The molecular weight excluding hydrogens is 306 g/mol. The van der Waals surface area contributed by atoms with Crippen LogP contribution in [0.5, 0.6) is 0 Å². The minimum Gasteiger partial charge on any atom is -0.381 e. The molecule has 2 heterocycles. The molecule has 19 heavy (non-hydrogen) atoms. The average molecular weight is 324 g/mol. The third kappa shape index (κ3) is 2.84. The molecule has 4 heteroatoms. The first kappa shape index (κ1) is 13.1. The van der Waals surface area contributed by atoms with Crippen LogP contribution < -0.4 is 5.32 Å². The monoisotopic (exact) mass is 323 g/mol. The fourth-order valence-corrected chi connectivity index (χ4v) is 3.52. The van der Waals surface area contributed by atoms with E-state index in [9.17, 15) is 4.79 Å². The lowest BCUT2D eigenvalue weighted by Crippen LogP contribution is -2.10. The van der Waals surface area contributed by atoms with E-state index in [0.717, 1.165) is 38.2 Å². The number of benzene rings is 1.